The summed E-state index contributed by atoms with van der Waals surface area (Å²) in [6, 6.07) is 7.93. The van der Waals surface area contributed by atoms with Crippen LogP contribution in [-0.2, 0) is 11.0 Å². The van der Waals surface area contributed by atoms with Crippen LogP contribution in [0.25, 0.3) is 10.8 Å². The Morgan fingerprint density at radius 3 is 2.39 bits per heavy atom. The van der Waals surface area contributed by atoms with Crippen LogP contribution in [0.1, 0.15) is 26.5 Å². The fourth-order valence-corrected chi connectivity index (χ4v) is 2.98. The smallest absolute Gasteiger partial charge is 0.127 e. The Bertz CT molecular complexity index is 602. The summed E-state index contributed by atoms with van der Waals surface area (Å²) in [4.78, 5) is 5.07. The average Bonchev–Trinajstić information content (AvgIpc) is 2.27. The number of aromatic nitrogens is 1. The molecule has 96 valence electrons. The van der Waals surface area contributed by atoms with E-state index in [4.69, 9.17) is 0 Å². The lowest BCUT2D eigenvalue weighted by Gasteiger charge is -2.20. The van der Waals surface area contributed by atoms with Crippen molar-refractivity contribution in [3.05, 3.63) is 36.2 Å². The molecule has 0 spiro atoms. The molecule has 0 bridgehead atoms. The molecule has 0 aliphatic rings. The molecule has 0 fully saturated rings. The number of nitrogens with zero attached hydrogens (tertiary/aromatic N) is 1. The lowest BCUT2D eigenvalue weighted by molar-refractivity contribution is 0.520. The Morgan fingerprint density at radius 1 is 1.17 bits per heavy atom. The van der Waals surface area contributed by atoms with E-state index in [1.165, 1.54) is 0 Å². The Labute approximate surface area is 110 Å². The van der Waals surface area contributed by atoms with E-state index in [0.29, 0.717) is 0 Å². The Balaban J connectivity index is 2.52. The molecular formula is C14H18N2OS. The van der Waals surface area contributed by atoms with Crippen LogP contribution in [0.2, 0.25) is 0 Å². The van der Waals surface area contributed by atoms with Gasteiger partial charge < -0.3 is 0 Å². The average molecular weight is 262 g/mol. The molecule has 0 aliphatic heterocycles. The molecule has 2 aromatic rings. The maximum atomic E-state index is 12.3. The normalized spacial score (nSPS) is 13.8. The third-order valence-corrected chi connectivity index (χ3v) is 4.08. The van der Waals surface area contributed by atoms with E-state index >= 15 is 0 Å². The molecule has 1 unspecified atom stereocenters. The van der Waals surface area contributed by atoms with E-state index in [1.54, 1.807) is 6.20 Å². The van der Waals surface area contributed by atoms with Gasteiger partial charge in [0.2, 0.25) is 0 Å². The number of hydrogen-bond acceptors (Lipinski definition) is 2. The second-order valence-electron chi connectivity index (χ2n) is 5.37. The number of aryl methyl sites for hydroxylation is 1. The standard InChI is InChI=1S/C14H18N2OS/c1-10-11-7-5-6-8-12(11)13(9-15-10)18(17)16-14(2,3)4/h5-9,16H,1-4H3. The van der Waals surface area contributed by atoms with Gasteiger partial charge in [-0.1, -0.05) is 24.3 Å². The van der Waals surface area contributed by atoms with E-state index in [1.807, 2.05) is 52.0 Å². The van der Waals surface area contributed by atoms with Crippen LogP contribution in [0.3, 0.4) is 0 Å². The van der Waals surface area contributed by atoms with E-state index in [0.717, 1.165) is 21.4 Å². The monoisotopic (exact) mass is 262 g/mol. The summed E-state index contributed by atoms with van der Waals surface area (Å²) in [7, 11) is -1.25. The fourth-order valence-electron chi connectivity index (χ4n) is 1.79. The predicted octanol–water partition coefficient (Wildman–Crippen LogP) is 2.95. The highest BCUT2D eigenvalue weighted by atomic mass is 32.2. The maximum absolute atomic E-state index is 12.3. The fraction of sp³-hybridized carbons (Fsp3) is 0.357. The lowest BCUT2D eigenvalue weighted by atomic mass is 10.1. The first-order chi connectivity index (χ1) is 8.38. The molecule has 0 aliphatic carbocycles. The van der Waals surface area contributed by atoms with Crippen molar-refractivity contribution in [2.75, 3.05) is 0 Å². The zero-order valence-corrected chi connectivity index (χ0v) is 12.0. The summed E-state index contributed by atoms with van der Waals surface area (Å²) in [6.07, 6.45) is 1.70. The first kappa shape index (κ1) is 13.2. The van der Waals surface area contributed by atoms with E-state index in [-0.39, 0.29) is 5.54 Å². The Morgan fingerprint density at radius 2 is 1.78 bits per heavy atom. The largest absolute Gasteiger partial charge is 0.260 e. The first-order valence-electron chi connectivity index (χ1n) is 5.92. The summed E-state index contributed by atoms with van der Waals surface area (Å²) in [5.41, 5.74) is 0.763. The lowest BCUT2D eigenvalue weighted by Crippen LogP contribution is -2.37. The number of rotatable bonds is 2. The highest BCUT2D eigenvalue weighted by Crippen LogP contribution is 2.23. The van der Waals surface area contributed by atoms with Crippen molar-refractivity contribution in [1.82, 2.24) is 9.71 Å². The SMILES string of the molecule is Cc1ncc(S(=O)NC(C)(C)C)c2ccccc12. The van der Waals surface area contributed by atoms with Crippen molar-refractivity contribution in [2.45, 2.75) is 38.1 Å². The molecule has 1 heterocycles. The van der Waals surface area contributed by atoms with Gasteiger partial charge in [0, 0.05) is 28.2 Å². The van der Waals surface area contributed by atoms with Gasteiger partial charge in [-0.25, -0.2) is 8.93 Å². The van der Waals surface area contributed by atoms with E-state index in [2.05, 4.69) is 9.71 Å². The van der Waals surface area contributed by atoms with Crippen LogP contribution in [0, 0.1) is 6.92 Å². The second-order valence-corrected chi connectivity index (χ2v) is 6.56. The highest BCUT2D eigenvalue weighted by Gasteiger charge is 2.17. The molecule has 0 amide bonds. The van der Waals surface area contributed by atoms with Crippen LogP contribution in [0.5, 0.6) is 0 Å². The van der Waals surface area contributed by atoms with Gasteiger partial charge in [0.25, 0.3) is 0 Å². The summed E-state index contributed by atoms with van der Waals surface area (Å²) < 4.78 is 15.4. The van der Waals surface area contributed by atoms with Crippen molar-refractivity contribution in [1.29, 1.82) is 0 Å². The van der Waals surface area contributed by atoms with Crippen LogP contribution in [0.15, 0.2) is 35.4 Å². The topological polar surface area (TPSA) is 42.0 Å². The number of nitrogens with one attached hydrogen (secondary N) is 1. The van der Waals surface area contributed by atoms with Gasteiger partial charge >= 0.3 is 0 Å². The van der Waals surface area contributed by atoms with Gasteiger partial charge in [-0.15, -0.1) is 0 Å². The minimum absolute atomic E-state index is 0.198. The highest BCUT2D eigenvalue weighted by molar-refractivity contribution is 7.83. The Hall–Kier alpha value is -1.26. The van der Waals surface area contributed by atoms with E-state index in [9.17, 15) is 4.21 Å². The second kappa shape index (κ2) is 4.78. The number of fused-ring (bicyclic) bond motifs is 1. The van der Waals surface area contributed by atoms with Gasteiger partial charge in [-0.05, 0) is 27.7 Å². The molecule has 0 radical (unpaired) electrons. The zero-order chi connectivity index (χ0) is 13.3. The maximum Gasteiger partial charge on any atom is 0.127 e. The van der Waals surface area contributed by atoms with Crippen molar-refractivity contribution in [3.63, 3.8) is 0 Å². The van der Waals surface area contributed by atoms with Gasteiger partial charge in [-0.3, -0.25) is 4.98 Å². The molecular weight excluding hydrogens is 244 g/mol. The molecule has 1 aromatic carbocycles. The van der Waals surface area contributed by atoms with E-state index < -0.39 is 11.0 Å². The number of hydrogen-bond donors (Lipinski definition) is 1. The molecule has 0 saturated heterocycles. The van der Waals surface area contributed by atoms with Crippen molar-refractivity contribution in [2.24, 2.45) is 0 Å². The van der Waals surface area contributed by atoms with Crippen LogP contribution < -0.4 is 4.72 Å². The van der Waals surface area contributed by atoms with Crippen LogP contribution >= 0.6 is 0 Å². The molecule has 0 saturated carbocycles. The van der Waals surface area contributed by atoms with Crippen molar-refractivity contribution >= 4 is 21.8 Å². The molecule has 3 nitrogen and oxygen atoms in total. The van der Waals surface area contributed by atoms with Gasteiger partial charge in [-0.2, -0.15) is 0 Å². The van der Waals surface area contributed by atoms with Gasteiger partial charge in [0.15, 0.2) is 0 Å². The molecule has 2 rings (SSSR count). The zero-order valence-electron chi connectivity index (χ0n) is 11.2. The van der Waals surface area contributed by atoms with Gasteiger partial charge in [0.05, 0.1) is 4.90 Å². The minimum Gasteiger partial charge on any atom is -0.260 e. The van der Waals surface area contributed by atoms with Crippen molar-refractivity contribution in [3.8, 4) is 0 Å². The first-order valence-corrected chi connectivity index (χ1v) is 7.07. The Kier molecular flexibility index (Phi) is 3.50. The third kappa shape index (κ3) is 2.76. The molecule has 1 atom stereocenters. The number of benzene rings is 1. The van der Waals surface area contributed by atoms with Crippen LogP contribution in [0.4, 0.5) is 0 Å². The molecule has 1 aromatic heterocycles. The predicted molar refractivity (Wildman–Crippen MR) is 75.8 cm³/mol. The quantitative estimate of drug-likeness (QED) is 0.904. The summed E-state index contributed by atoms with van der Waals surface area (Å²) in [6.45, 7) is 7.95. The molecule has 4 heteroatoms. The number of pyridine rings is 1. The third-order valence-electron chi connectivity index (χ3n) is 2.56. The minimum atomic E-state index is -1.25. The summed E-state index contributed by atoms with van der Waals surface area (Å²) in [5, 5.41) is 2.05. The van der Waals surface area contributed by atoms with Crippen LogP contribution in [-0.4, -0.2) is 14.7 Å². The van der Waals surface area contributed by atoms with Gasteiger partial charge in [0.1, 0.15) is 11.0 Å². The summed E-state index contributed by atoms with van der Waals surface area (Å²) in [5.74, 6) is 0. The molecule has 1 N–H and O–H groups in total. The van der Waals surface area contributed by atoms with Crippen molar-refractivity contribution < 1.29 is 4.21 Å². The summed E-state index contributed by atoms with van der Waals surface area (Å²) >= 11 is 0. The molecule has 18 heavy (non-hydrogen) atoms.